The minimum Gasteiger partial charge on any atom is -0.325 e. The molecule has 2 aromatic carbocycles. The zero-order chi connectivity index (χ0) is 18.7. The summed E-state index contributed by atoms with van der Waals surface area (Å²) in [5, 5.41) is 4.16. The molecule has 0 saturated carbocycles. The number of hydrogen-bond donors (Lipinski definition) is 4. The lowest BCUT2D eigenvalue weighted by molar-refractivity contribution is -0.137. The summed E-state index contributed by atoms with van der Waals surface area (Å²) in [6.07, 6.45) is -5.00. The number of carbonyl (C=O) groups excluding carboxylic acids is 1. The molecule has 0 aromatic heterocycles. The van der Waals surface area contributed by atoms with Gasteiger partial charge in [-0.05, 0) is 36.2 Å². The zero-order valence-corrected chi connectivity index (χ0v) is 13.9. The van der Waals surface area contributed by atoms with Crippen molar-refractivity contribution in [1.82, 2.24) is 21.5 Å². The van der Waals surface area contributed by atoms with Gasteiger partial charge in [-0.2, -0.15) is 23.8 Å². The molecule has 0 aliphatic carbocycles. The molecule has 0 spiro atoms. The Hall–Kier alpha value is -2.46. The maximum atomic E-state index is 12.8. The molecule has 1 aliphatic heterocycles. The standard InChI is InChI=1S/C17H18F3N5O/c1-11-5-2-3-8-14(11)21-15(26)10-25-23-16(22-24-25)12-6-4-7-13(9-12)17(18,19)20/h2-9,16,22-24H,10H2,1H3,(H,21,26). The predicted octanol–water partition coefficient (Wildman–Crippen LogP) is 2.48. The van der Waals surface area contributed by atoms with Crippen LogP contribution < -0.4 is 21.7 Å². The molecule has 1 fully saturated rings. The van der Waals surface area contributed by atoms with Gasteiger partial charge in [0.25, 0.3) is 0 Å². The van der Waals surface area contributed by atoms with E-state index in [1.807, 2.05) is 25.1 Å². The Morgan fingerprint density at radius 2 is 1.96 bits per heavy atom. The van der Waals surface area contributed by atoms with E-state index in [1.54, 1.807) is 12.1 Å². The first-order valence-corrected chi connectivity index (χ1v) is 7.90. The zero-order valence-electron chi connectivity index (χ0n) is 13.9. The summed E-state index contributed by atoms with van der Waals surface area (Å²) in [6.45, 7) is 1.84. The summed E-state index contributed by atoms with van der Waals surface area (Å²) >= 11 is 0. The molecule has 6 nitrogen and oxygen atoms in total. The van der Waals surface area contributed by atoms with Crippen LogP contribution in [-0.4, -0.2) is 17.6 Å². The second-order valence-electron chi connectivity index (χ2n) is 5.89. The Kier molecular flexibility index (Phi) is 5.23. The highest BCUT2D eigenvalue weighted by Crippen LogP contribution is 2.30. The van der Waals surface area contributed by atoms with E-state index in [4.69, 9.17) is 0 Å². The van der Waals surface area contributed by atoms with Crippen LogP contribution in [0.15, 0.2) is 48.5 Å². The fourth-order valence-electron chi connectivity index (χ4n) is 2.55. The van der Waals surface area contributed by atoms with Gasteiger partial charge >= 0.3 is 6.18 Å². The molecule has 138 valence electrons. The number of amides is 1. The van der Waals surface area contributed by atoms with Crippen molar-refractivity contribution in [2.75, 3.05) is 11.9 Å². The van der Waals surface area contributed by atoms with E-state index in [0.717, 1.165) is 17.7 Å². The fourth-order valence-corrected chi connectivity index (χ4v) is 2.55. The maximum absolute atomic E-state index is 12.8. The average molecular weight is 365 g/mol. The summed E-state index contributed by atoms with van der Waals surface area (Å²) in [6, 6.07) is 12.4. The number of anilines is 1. The molecule has 1 aliphatic rings. The van der Waals surface area contributed by atoms with Crippen LogP contribution in [0.3, 0.4) is 0 Å². The molecule has 1 heterocycles. The summed E-state index contributed by atoms with van der Waals surface area (Å²) in [7, 11) is 0. The molecule has 3 rings (SSSR count). The van der Waals surface area contributed by atoms with E-state index < -0.39 is 17.9 Å². The summed E-state index contributed by atoms with van der Waals surface area (Å²) < 4.78 is 38.5. The van der Waals surface area contributed by atoms with Gasteiger partial charge in [0.05, 0.1) is 5.56 Å². The van der Waals surface area contributed by atoms with Gasteiger partial charge in [0.1, 0.15) is 12.7 Å². The van der Waals surface area contributed by atoms with Crippen molar-refractivity contribution >= 4 is 11.6 Å². The molecule has 9 heteroatoms. The quantitative estimate of drug-likeness (QED) is 0.670. The minimum absolute atomic E-state index is 0.0448. The van der Waals surface area contributed by atoms with Crippen molar-refractivity contribution in [3.8, 4) is 0 Å². The van der Waals surface area contributed by atoms with Gasteiger partial charge < -0.3 is 5.32 Å². The lowest BCUT2D eigenvalue weighted by Gasteiger charge is -2.16. The molecule has 0 radical (unpaired) electrons. The van der Waals surface area contributed by atoms with Gasteiger partial charge in [-0.25, -0.2) is 10.9 Å². The number of rotatable bonds is 4. The van der Waals surface area contributed by atoms with Crippen LogP contribution in [0.5, 0.6) is 0 Å². The van der Waals surface area contributed by atoms with Gasteiger partial charge in [0, 0.05) is 5.69 Å². The van der Waals surface area contributed by atoms with Crippen LogP contribution in [0.25, 0.3) is 0 Å². The van der Waals surface area contributed by atoms with Crippen LogP contribution in [0, 0.1) is 6.92 Å². The molecule has 1 amide bonds. The summed E-state index contributed by atoms with van der Waals surface area (Å²) in [5.41, 5.74) is 9.74. The number of halogens is 3. The maximum Gasteiger partial charge on any atom is 0.416 e. The first kappa shape index (κ1) is 18.3. The number of nitrogens with one attached hydrogen (secondary N) is 4. The lowest BCUT2D eigenvalue weighted by Crippen LogP contribution is -2.45. The second kappa shape index (κ2) is 7.42. The van der Waals surface area contributed by atoms with E-state index >= 15 is 0 Å². The van der Waals surface area contributed by atoms with E-state index in [-0.39, 0.29) is 12.5 Å². The number of alkyl halides is 3. The molecule has 2 aromatic rings. The Bertz CT molecular complexity index is 796. The highest BCUT2D eigenvalue weighted by Gasteiger charge is 2.32. The molecule has 1 saturated heterocycles. The van der Waals surface area contributed by atoms with Crippen molar-refractivity contribution < 1.29 is 18.0 Å². The normalized spacial score (nSPS) is 18.1. The Morgan fingerprint density at radius 3 is 2.69 bits per heavy atom. The molecule has 1 unspecified atom stereocenters. The number of hydrogen-bond acceptors (Lipinski definition) is 5. The lowest BCUT2D eigenvalue weighted by atomic mass is 10.1. The third-order valence-corrected chi connectivity index (χ3v) is 3.90. The van der Waals surface area contributed by atoms with Gasteiger partial charge in [-0.3, -0.25) is 4.79 Å². The topological polar surface area (TPSA) is 68.4 Å². The highest BCUT2D eigenvalue weighted by molar-refractivity contribution is 5.92. The molecule has 1 atom stereocenters. The number of carbonyl (C=O) groups is 1. The largest absolute Gasteiger partial charge is 0.416 e. The van der Waals surface area contributed by atoms with Crippen molar-refractivity contribution in [1.29, 1.82) is 0 Å². The molecule has 0 bridgehead atoms. The minimum atomic E-state index is -4.41. The third kappa shape index (κ3) is 4.38. The predicted molar refractivity (Wildman–Crippen MR) is 90.1 cm³/mol. The van der Waals surface area contributed by atoms with Crippen molar-refractivity contribution in [3.05, 3.63) is 65.2 Å². The number of nitrogens with zero attached hydrogens (tertiary/aromatic N) is 1. The summed E-state index contributed by atoms with van der Waals surface area (Å²) in [5.74, 6) is -0.272. The van der Waals surface area contributed by atoms with Gasteiger partial charge in [-0.15, -0.1) is 0 Å². The molecule has 26 heavy (non-hydrogen) atoms. The van der Waals surface area contributed by atoms with Crippen molar-refractivity contribution in [3.63, 3.8) is 0 Å². The average Bonchev–Trinajstić information content (AvgIpc) is 3.05. The number of hydrazine groups is 3. The van der Waals surface area contributed by atoms with Gasteiger partial charge in [-0.1, -0.05) is 30.3 Å². The van der Waals surface area contributed by atoms with Crippen LogP contribution in [0.1, 0.15) is 22.9 Å². The number of para-hydroxylation sites is 1. The molecular formula is C17H18F3N5O. The Labute approximate surface area is 148 Å². The summed E-state index contributed by atoms with van der Waals surface area (Å²) in [4.78, 5) is 12.1. The van der Waals surface area contributed by atoms with Gasteiger partial charge in [0.15, 0.2) is 0 Å². The molecular weight excluding hydrogens is 347 g/mol. The van der Waals surface area contributed by atoms with E-state index in [0.29, 0.717) is 11.3 Å². The number of aryl methyl sites for hydroxylation is 1. The van der Waals surface area contributed by atoms with Crippen LogP contribution in [-0.2, 0) is 11.0 Å². The monoisotopic (exact) mass is 365 g/mol. The second-order valence-corrected chi connectivity index (χ2v) is 5.89. The van der Waals surface area contributed by atoms with Crippen LogP contribution in [0.4, 0.5) is 18.9 Å². The van der Waals surface area contributed by atoms with Gasteiger partial charge in [0.2, 0.25) is 5.91 Å². The van der Waals surface area contributed by atoms with Crippen LogP contribution in [0.2, 0.25) is 0 Å². The van der Waals surface area contributed by atoms with Crippen LogP contribution >= 0.6 is 0 Å². The SMILES string of the molecule is Cc1ccccc1NC(=O)CN1NNC(c2cccc(C(F)(F)F)c2)N1. The Morgan fingerprint density at radius 1 is 1.19 bits per heavy atom. The first-order chi connectivity index (χ1) is 12.3. The molecule has 4 N–H and O–H groups in total. The van der Waals surface area contributed by atoms with E-state index in [2.05, 4.69) is 21.7 Å². The first-order valence-electron chi connectivity index (χ1n) is 7.90. The smallest absolute Gasteiger partial charge is 0.325 e. The number of benzene rings is 2. The highest BCUT2D eigenvalue weighted by atomic mass is 19.4. The van der Waals surface area contributed by atoms with Crippen molar-refractivity contribution in [2.45, 2.75) is 19.3 Å². The van der Waals surface area contributed by atoms with Crippen molar-refractivity contribution in [2.24, 2.45) is 0 Å². The van der Waals surface area contributed by atoms with E-state index in [9.17, 15) is 18.0 Å². The Balaban J connectivity index is 1.59. The van der Waals surface area contributed by atoms with E-state index in [1.165, 1.54) is 11.2 Å². The fraction of sp³-hybridized carbons (Fsp3) is 0.235. The third-order valence-electron chi connectivity index (χ3n) is 3.90.